The van der Waals surface area contributed by atoms with Crippen LogP contribution in [-0.2, 0) is 9.57 Å². The molecule has 3 nitrogen and oxygen atoms in total. The van der Waals surface area contributed by atoms with Gasteiger partial charge < -0.3 is 4.74 Å². The first-order valence-electron chi connectivity index (χ1n) is 5.17. The van der Waals surface area contributed by atoms with E-state index in [9.17, 15) is 0 Å². The molecule has 1 atom stereocenters. The minimum absolute atomic E-state index is 0.197. The minimum Gasteiger partial charge on any atom is -0.382 e. The van der Waals surface area contributed by atoms with E-state index in [1.54, 1.807) is 7.11 Å². The van der Waals surface area contributed by atoms with Crippen LogP contribution in [0.15, 0.2) is 24.3 Å². The van der Waals surface area contributed by atoms with Crippen LogP contribution in [0.2, 0.25) is 0 Å². The van der Waals surface area contributed by atoms with Crippen LogP contribution in [0.3, 0.4) is 0 Å². The first-order chi connectivity index (χ1) is 7.24. The molecule has 3 heteroatoms. The summed E-state index contributed by atoms with van der Waals surface area (Å²) in [6, 6.07) is 8.60. The standard InChI is InChI=1S/C12H19NO2/c1-10-4-6-12(7-5-10)11(2)13-15-9-8-14-3/h4-7,11,13H,8-9H2,1-3H3. The predicted molar refractivity (Wildman–Crippen MR) is 60.6 cm³/mol. The Hall–Kier alpha value is -0.900. The highest BCUT2D eigenvalue weighted by atomic mass is 16.7. The largest absolute Gasteiger partial charge is 0.382 e. The Kier molecular flexibility index (Phi) is 5.32. The summed E-state index contributed by atoms with van der Waals surface area (Å²) in [5, 5.41) is 0. The summed E-state index contributed by atoms with van der Waals surface area (Å²) in [6.45, 7) is 5.31. The number of ether oxygens (including phenoxy) is 1. The number of hydrogen-bond acceptors (Lipinski definition) is 3. The molecule has 0 fully saturated rings. The Balaban J connectivity index is 2.33. The molecule has 0 saturated heterocycles. The highest BCUT2D eigenvalue weighted by Crippen LogP contribution is 2.12. The van der Waals surface area contributed by atoms with E-state index in [4.69, 9.17) is 9.57 Å². The fourth-order valence-electron chi connectivity index (χ4n) is 1.23. The highest BCUT2D eigenvalue weighted by Gasteiger charge is 2.03. The van der Waals surface area contributed by atoms with Gasteiger partial charge in [-0.2, -0.15) is 5.48 Å². The van der Waals surface area contributed by atoms with E-state index >= 15 is 0 Å². The second kappa shape index (κ2) is 6.56. The number of nitrogens with one attached hydrogen (secondary N) is 1. The molecule has 0 saturated carbocycles. The van der Waals surface area contributed by atoms with Crippen LogP contribution in [0.5, 0.6) is 0 Å². The smallest absolute Gasteiger partial charge is 0.0916 e. The maximum Gasteiger partial charge on any atom is 0.0916 e. The molecule has 1 rings (SSSR count). The van der Waals surface area contributed by atoms with Crippen LogP contribution in [0.4, 0.5) is 0 Å². The molecule has 0 aliphatic rings. The Labute approximate surface area is 91.4 Å². The van der Waals surface area contributed by atoms with Gasteiger partial charge in [-0.15, -0.1) is 0 Å². The van der Waals surface area contributed by atoms with E-state index in [2.05, 4.69) is 43.6 Å². The molecule has 1 N–H and O–H groups in total. The van der Waals surface area contributed by atoms with Gasteiger partial charge in [0, 0.05) is 7.11 Å². The Morgan fingerprint density at radius 2 is 1.87 bits per heavy atom. The second-order valence-electron chi connectivity index (χ2n) is 3.59. The van der Waals surface area contributed by atoms with Crippen LogP contribution >= 0.6 is 0 Å². The van der Waals surface area contributed by atoms with Crippen molar-refractivity contribution >= 4 is 0 Å². The van der Waals surface area contributed by atoms with Crippen molar-refractivity contribution in [2.45, 2.75) is 19.9 Å². The fourth-order valence-corrected chi connectivity index (χ4v) is 1.23. The molecular formula is C12H19NO2. The van der Waals surface area contributed by atoms with Gasteiger partial charge in [-0.05, 0) is 19.4 Å². The lowest BCUT2D eigenvalue weighted by Gasteiger charge is -2.14. The van der Waals surface area contributed by atoms with Gasteiger partial charge in [0.05, 0.1) is 19.3 Å². The molecule has 1 aromatic carbocycles. The summed E-state index contributed by atoms with van der Waals surface area (Å²) < 4.78 is 4.88. The first-order valence-corrected chi connectivity index (χ1v) is 5.17. The molecule has 0 aliphatic carbocycles. The molecule has 0 amide bonds. The van der Waals surface area contributed by atoms with Crippen molar-refractivity contribution in [2.75, 3.05) is 20.3 Å². The number of rotatable bonds is 6. The number of methoxy groups -OCH3 is 1. The van der Waals surface area contributed by atoms with E-state index in [0.29, 0.717) is 13.2 Å². The molecule has 0 bridgehead atoms. The van der Waals surface area contributed by atoms with Gasteiger partial charge in [-0.1, -0.05) is 29.8 Å². The average Bonchev–Trinajstić information content (AvgIpc) is 2.25. The van der Waals surface area contributed by atoms with Gasteiger partial charge in [-0.3, -0.25) is 4.84 Å². The number of hydrogen-bond donors (Lipinski definition) is 1. The maximum atomic E-state index is 5.25. The van der Waals surface area contributed by atoms with Gasteiger partial charge >= 0.3 is 0 Å². The third kappa shape index (κ3) is 4.42. The van der Waals surface area contributed by atoms with Crippen LogP contribution < -0.4 is 5.48 Å². The predicted octanol–water partition coefficient (Wildman–Crippen LogP) is 2.22. The third-order valence-corrected chi connectivity index (χ3v) is 2.23. The van der Waals surface area contributed by atoms with Gasteiger partial charge in [0.2, 0.25) is 0 Å². The zero-order chi connectivity index (χ0) is 11.1. The van der Waals surface area contributed by atoms with Crippen LogP contribution in [0, 0.1) is 6.92 Å². The summed E-state index contributed by atoms with van der Waals surface area (Å²) in [4.78, 5) is 5.25. The lowest BCUT2D eigenvalue weighted by Crippen LogP contribution is -2.21. The number of aryl methyl sites for hydroxylation is 1. The van der Waals surface area contributed by atoms with Gasteiger partial charge in [0.25, 0.3) is 0 Å². The second-order valence-corrected chi connectivity index (χ2v) is 3.59. The highest BCUT2D eigenvalue weighted by molar-refractivity contribution is 5.23. The van der Waals surface area contributed by atoms with E-state index in [1.165, 1.54) is 11.1 Å². The fraction of sp³-hybridized carbons (Fsp3) is 0.500. The average molecular weight is 209 g/mol. The minimum atomic E-state index is 0.197. The van der Waals surface area contributed by atoms with E-state index in [-0.39, 0.29) is 6.04 Å². The van der Waals surface area contributed by atoms with Crippen LogP contribution in [0.25, 0.3) is 0 Å². The molecule has 0 aliphatic heterocycles. The van der Waals surface area contributed by atoms with Gasteiger partial charge in [0.15, 0.2) is 0 Å². The topological polar surface area (TPSA) is 30.5 Å². The molecular weight excluding hydrogens is 190 g/mol. The molecule has 0 aromatic heterocycles. The number of hydroxylamine groups is 1. The molecule has 0 spiro atoms. The van der Waals surface area contributed by atoms with Crippen molar-refractivity contribution in [1.29, 1.82) is 0 Å². The lowest BCUT2D eigenvalue weighted by molar-refractivity contribution is -0.00924. The Morgan fingerprint density at radius 1 is 1.20 bits per heavy atom. The molecule has 0 radical (unpaired) electrons. The van der Waals surface area contributed by atoms with Crippen molar-refractivity contribution < 1.29 is 9.57 Å². The van der Waals surface area contributed by atoms with Crippen molar-refractivity contribution in [3.8, 4) is 0 Å². The van der Waals surface area contributed by atoms with E-state index < -0.39 is 0 Å². The molecule has 84 valence electrons. The SMILES string of the molecule is COCCONC(C)c1ccc(C)cc1. The van der Waals surface area contributed by atoms with Gasteiger partial charge in [0.1, 0.15) is 0 Å². The quantitative estimate of drug-likeness (QED) is 0.575. The van der Waals surface area contributed by atoms with E-state index in [0.717, 1.165) is 0 Å². The van der Waals surface area contributed by atoms with Crippen molar-refractivity contribution in [3.63, 3.8) is 0 Å². The third-order valence-electron chi connectivity index (χ3n) is 2.23. The zero-order valence-electron chi connectivity index (χ0n) is 9.62. The van der Waals surface area contributed by atoms with Crippen LogP contribution in [-0.4, -0.2) is 20.3 Å². The zero-order valence-corrected chi connectivity index (χ0v) is 9.62. The molecule has 0 heterocycles. The first kappa shape index (κ1) is 12.2. The summed E-state index contributed by atoms with van der Waals surface area (Å²) >= 11 is 0. The van der Waals surface area contributed by atoms with E-state index in [1.807, 2.05) is 0 Å². The lowest BCUT2D eigenvalue weighted by atomic mass is 10.1. The maximum absolute atomic E-state index is 5.25. The van der Waals surface area contributed by atoms with Crippen molar-refractivity contribution in [3.05, 3.63) is 35.4 Å². The molecule has 15 heavy (non-hydrogen) atoms. The number of benzene rings is 1. The van der Waals surface area contributed by atoms with Crippen molar-refractivity contribution in [2.24, 2.45) is 0 Å². The Bertz CT molecular complexity index is 271. The normalized spacial score (nSPS) is 12.7. The summed E-state index contributed by atoms with van der Waals surface area (Å²) in [5.41, 5.74) is 5.46. The Morgan fingerprint density at radius 3 is 2.47 bits per heavy atom. The molecule has 1 unspecified atom stereocenters. The van der Waals surface area contributed by atoms with Gasteiger partial charge in [-0.25, -0.2) is 0 Å². The summed E-state index contributed by atoms with van der Waals surface area (Å²) in [7, 11) is 1.66. The summed E-state index contributed by atoms with van der Waals surface area (Å²) in [6.07, 6.45) is 0. The van der Waals surface area contributed by atoms with Crippen LogP contribution in [0.1, 0.15) is 24.1 Å². The summed E-state index contributed by atoms with van der Waals surface area (Å²) in [5.74, 6) is 0. The molecule has 1 aromatic rings. The van der Waals surface area contributed by atoms with Crippen molar-refractivity contribution in [1.82, 2.24) is 5.48 Å². The monoisotopic (exact) mass is 209 g/mol.